The summed E-state index contributed by atoms with van der Waals surface area (Å²) in [6.07, 6.45) is -2.09. The Morgan fingerprint density at radius 2 is 0.722 bits per heavy atom. The summed E-state index contributed by atoms with van der Waals surface area (Å²) in [5.41, 5.74) is 0. The Bertz CT molecular complexity index is 332. The average Bonchev–Trinajstić information content (AvgIpc) is 2.79. The van der Waals surface area contributed by atoms with E-state index in [1.807, 2.05) is 0 Å². The molecule has 0 aromatic rings. The maximum absolute atomic E-state index is 9.18. The molecule has 0 spiro atoms. The van der Waals surface area contributed by atoms with Crippen molar-refractivity contribution in [3.8, 4) is 0 Å². The third-order valence-corrected chi connectivity index (χ3v) is 3.24. The van der Waals surface area contributed by atoms with Crippen molar-refractivity contribution in [2.75, 3.05) is 79.3 Å². The molecule has 0 aromatic carbocycles. The Morgan fingerprint density at radius 1 is 0.444 bits per heavy atom. The molecule has 0 bridgehead atoms. The first-order chi connectivity index (χ1) is 16.3. The van der Waals surface area contributed by atoms with E-state index in [1.54, 1.807) is 0 Å². The average molecular weight is 1040 g/mol. The normalized spacial score (nSPS) is 13.5. The van der Waals surface area contributed by atoms with Crippen molar-refractivity contribution in [3.05, 3.63) is 28.4 Å². The van der Waals surface area contributed by atoms with Crippen molar-refractivity contribution in [1.29, 1.82) is 0 Å². The fourth-order valence-corrected chi connectivity index (χ4v) is 1.78. The van der Waals surface area contributed by atoms with Crippen molar-refractivity contribution >= 4 is 0 Å². The van der Waals surface area contributed by atoms with Gasteiger partial charge in [-0.3, -0.25) is 0 Å². The van der Waals surface area contributed by atoms with Gasteiger partial charge in [0.25, 0.3) is 0 Å². The predicted molar refractivity (Wildman–Crippen MR) is 121 cm³/mol. The first-order valence-corrected chi connectivity index (χ1v) is 10.5. The zero-order valence-electron chi connectivity index (χ0n) is 21.3. The molecule has 0 aliphatic heterocycles. The van der Waals surface area contributed by atoms with E-state index in [0.29, 0.717) is 13.0 Å². The van der Waals surface area contributed by atoms with Crippen LogP contribution in [0, 0.1) is 28.4 Å². The van der Waals surface area contributed by atoms with Crippen LogP contribution in [0.25, 0.3) is 0 Å². The van der Waals surface area contributed by atoms with Crippen LogP contribution in [-0.2, 0) is 33.2 Å². The maximum Gasteiger partial charge on any atom is 0.0976 e. The van der Waals surface area contributed by atoms with E-state index in [4.69, 9.17) is 39.7 Å². The van der Waals surface area contributed by atoms with E-state index in [2.05, 4.69) is 47.4 Å². The maximum atomic E-state index is 9.18. The molecule has 36 heavy (non-hydrogen) atoms. The molecule has 15 heteroatoms. The zero-order chi connectivity index (χ0) is 26.5. The van der Waals surface area contributed by atoms with Gasteiger partial charge in [-0.05, 0) is 6.42 Å². The van der Waals surface area contributed by atoms with Gasteiger partial charge in [0.1, 0.15) is 0 Å². The van der Waals surface area contributed by atoms with Crippen LogP contribution in [0.1, 0.15) is 6.42 Å². The minimum Gasteiger partial charge on any atom is -0.553 e. The third-order valence-electron chi connectivity index (χ3n) is 3.24. The fourth-order valence-electron chi connectivity index (χ4n) is 1.78. The van der Waals surface area contributed by atoms with Gasteiger partial charge in [0.05, 0.1) is 70.7 Å². The Morgan fingerprint density at radius 3 is 1.00 bits per heavy atom. The molecule has 6 N–H and O–H groups in total. The van der Waals surface area contributed by atoms with Gasteiger partial charge in [0.15, 0.2) is 0 Å². The molecule has 0 aliphatic carbocycles. The van der Waals surface area contributed by atoms with E-state index in [1.165, 1.54) is 0 Å². The van der Waals surface area contributed by atoms with Gasteiger partial charge in [0.2, 0.25) is 0 Å². The van der Waals surface area contributed by atoms with Crippen LogP contribution in [0.3, 0.4) is 0 Å². The molecule has 4 unspecified atom stereocenters. The quantitative estimate of drug-likeness (QED) is 0.0553. The van der Waals surface area contributed by atoms with Crippen LogP contribution in [0.2, 0.25) is 0 Å². The topological polar surface area (TPSA) is 186 Å². The summed E-state index contributed by atoms with van der Waals surface area (Å²) < 4.78 is 32.4. The molecule has 0 radical (unpaired) electrons. The van der Waals surface area contributed by atoms with E-state index in [-0.39, 0.29) is 72.7 Å². The Kier molecular flexibility index (Phi) is 44.8. The van der Waals surface area contributed by atoms with Crippen LogP contribution < -0.4 is 0 Å². The van der Waals surface area contributed by atoms with E-state index in [0.717, 1.165) is 0 Å². The number of aliphatic hydroxyl groups is 6. The van der Waals surface area contributed by atoms with E-state index in [9.17, 15) is 5.11 Å². The van der Waals surface area contributed by atoms with Crippen LogP contribution in [0.15, 0.2) is 0 Å². The minimum atomic E-state index is -0.672. The standard InChI is InChI=1S/C9H18O5.2C6H13O4.2Rf/c1-12-5-8(10)3-4-14-7-9(11)6-13-2;2*1-9-4-6(8)5-10-3-2-7;;/h8-11H,1-7H2;2*6-8H,1-5H2;;/q-2;2*-1;;. The SMILES string of the molecule is [CH2-]OCC(O)CCOCC(O)CO[CH2-].[CH2-]OCC(O)COCCO.[CH2-]OCC(O)COCCO.[Rf].[Rf]. The Labute approximate surface area is 203 Å². The molecule has 4 atom stereocenters. The fraction of sp³-hybridized carbons (Fsp3) is 0.810. The van der Waals surface area contributed by atoms with Gasteiger partial charge in [-0.15, -0.1) is 0 Å². The molecule has 0 saturated carbocycles. The van der Waals surface area contributed by atoms with E-state index >= 15 is 0 Å². The van der Waals surface area contributed by atoms with Crippen molar-refractivity contribution in [1.82, 2.24) is 0 Å². The van der Waals surface area contributed by atoms with Gasteiger partial charge >= 0.3 is 0 Å². The molecule has 0 fully saturated rings. The van der Waals surface area contributed by atoms with Crippen molar-refractivity contribution in [2.24, 2.45) is 0 Å². The van der Waals surface area contributed by atoms with Gasteiger partial charge in [0, 0.05) is 33.0 Å². The van der Waals surface area contributed by atoms with Gasteiger partial charge in [-0.1, -0.05) is 0 Å². The Hall–Kier alpha value is -2.52. The summed E-state index contributed by atoms with van der Waals surface area (Å²) in [4.78, 5) is 0. The first kappa shape index (κ1) is 43.5. The molecule has 0 amide bonds. The summed E-state index contributed by atoms with van der Waals surface area (Å²) in [5.74, 6) is 0. The number of hydrogen-bond donors (Lipinski definition) is 6. The molecule has 13 nitrogen and oxygen atoms in total. The smallest absolute Gasteiger partial charge is 0.0976 e. The second kappa shape index (κ2) is 37.0. The summed E-state index contributed by atoms with van der Waals surface area (Å²) in [6.45, 7) is 1.96. The molecule has 214 valence electrons. The number of aliphatic hydroxyl groups excluding tert-OH is 6. The number of hydrogen-bond acceptors (Lipinski definition) is 13. The Balaban J connectivity index is -0.000000133. The second-order valence-corrected chi connectivity index (χ2v) is 6.56. The summed E-state index contributed by atoms with van der Waals surface area (Å²) in [7, 11) is 12.4. The van der Waals surface area contributed by atoms with Gasteiger partial charge in [-0.25, -0.2) is 28.4 Å². The molecule has 0 aliphatic rings. The molecule has 0 saturated heterocycles. The van der Waals surface area contributed by atoms with Gasteiger partial charge < -0.3 is 63.8 Å². The van der Waals surface area contributed by atoms with Crippen LogP contribution in [0.5, 0.6) is 0 Å². The van der Waals surface area contributed by atoms with E-state index < -0.39 is 24.4 Å². The van der Waals surface area contributed by atoms with Crippen molar-refractivity contribution in [3.63, 3.8) is 0 Å². The molecule has 0 rings (SSSR count). The largest absolute Gasteiger partial charge is 0.553 e. The van der Waals surface area contributed by atoms with Crippen LogP contribution in [0.4, 0.5) is 0 Å². The molecule has 0 heterocycles. The summed E-state index contributed by atoms with van der Waals surface area (Å²) >= 11 is 0. The zero-order valence-corrected chi connectivity index (χ0v) is 34.1. The number of ether oxygens (including phenoxy) is 7. The minimum absolute atomic E-state index is 0. The van der Waals surface area contributed by atoms with Gasteiger partial charge in [-0.2, -0.15) is 0 Å². The monoisotopic (exact) mass is 1040 g/mol. The number of rotatable bonds is 21. The molecule has 0 aromatic heterocycles. The summed E-state index contributed by atoms with van der Waals surface area (Å²) in [6, 6.07) is 0. The predicted octanol–water partition coefficient (Wildman–Crippen LogP) is -1.94. The second-order valence-electron chi connectivity index (χ2n) is 6.56. The third kappa shape index (κ3) is 41.7. The first-order valence-electron chi connectivity index (χ1n) is 10.5. The molecular weight excluding hydrogens is 994 g/mol. The van der Waals surface area contributed by atoms with Crippen molar-refractivity contribution < 1.29 is 63.8 Å². The summed E-state index contributed by atoms with van der Waals surface area (Å²) in [5, 5.41) is 52.6. The molecular formula is C21H44O13Rf2-4. The van der Waals surface area contributed by atoms with Crippen LogP contribution in [-0.4, -0.2) is 134 Å². The van der Waals surface area contributed by atoms with Crippen molar-refractivity contribution in [2.45, 2.75) is 30.8 Å². The van der Waals surface area contributed by atoms with Crippen LogP contribution >= 0.6 is 0 Å².